The first-order chi connectivity index (χ1) is 13.5. The van der Waals surface area contributed by atoms with Gasteiger partial charge in [0.25, 0.3) is 0 Å². The molecule has 4 rings (SSSR count). The minimum absolute atomic E-state index is 0.0662. The Kier molecular flexibility index (Phi) is 4.63. The normalized spacial score (nSPS) is 15.8. The number of halogens is 1. The summed E-state index contributed by atoms with van der Waals surface area (Å²) in [7, 11) is 0. The molecule has 0 radical (unpaired) electrons. The Morgan fingerprint density at radius 1 is 1.14 bits per heavy atom. The third-order valence-corrected chi connectivity index (χ3v) is 4.52. The fraction of sp³-hybridized carbons (Fsp3) is 0.0909. The number of aryl methyl sites for hydroxylation is 1. The van der Waals surface area contributed by atoms with Gasteiger partial charge in [-0.15, -0.1) is 0 Å². The molecule has 28 heavy (non-hydrogen) atoms. The van der Waals surface area contributed by atoms with Crippen LogP contribution in [-0.4, -0.2) is 16.1 Å². The predicted octanol–water partition coefficient (Wildman–Crippen LogP) is 4.51. The molecule has 1 atom stereocenters. The Morgan fingerprint density at radius 2 is 1.96 bits per heavy atom. The van der Waals surface area contributed by atoms with Crippen LogP contribution in [-0.2, 0) is 4.84 Å². The van der Waals surface area contributed by atoms with Crippen molar-refractivity contribution in [3.63, 3.8) is 0 Å². The number of nitrogens with zero attached hydrogens (tertiary/aromatic N) is 1. The number of nitrogens with one attached hydrogen (secondary N) is 1. The number of carbonyl (C=O) groups is 1. The van der Waals surface area contributed by atoms with Crippen LogP contribution in [0.1, 0.15) is 33.3 Å². The first-order valence-corrected chi connectivity index (χ1v) is 8.71. The van der Waals surface area contributed by atoms with Gasteiger partial charge in [-0.2, -0.15) is 0 Å². The average Bonchev–Trinajstić information content (AvgIpc) is 3.18. The molecule has 1 unspecified atom stereocenters. The molecule has 0 fully saturated rings. The number of carboxylic acid groups (broad SMARTS) is 1. The first kappa shape index (κ1) is 17.9. The van der Waals surface area contributed by atoms with Crippen LogP contribution in [0.4, 0.5) is 4.39 Å². The molecule has 0 amide bonds. The molecule has 0 saturated carbocycles. The first-order valence-electron chi connectivity index (χ1n) is 8.71. The van der Waals surface area contributed by atoms with Crippen molar-refractivity contribution in [1.29, 1.82) is 0 Å². The smallest absolute Gasteiger partial charge is 0.335 e. The fourth-order valence-corrected chi connectivity index (χ4v) is 3.11. The van der Waals surface area contributed by atoms with Crippen molar-refractivity contribution in [2.45, 2.75) is 13.0 Å². The number of carboxylic acids is 1. The molecule has 3 aromatic rings. The topological polar surface area (TPSA) is 71.5 Å². The summed E-state index contributed by atoms with van der Waals surface area (Å²) >= 11 is 0. The molecule has 0 saturated heterocycles. The van der Waals surface area contributed by atoms with Gasteiger partial charge in [0.1, 0.15) is 11.9 Å². The largest absolute Gasteiger partial charge is 0.478 e. The number of aromatic carboxylic acids is 1. The molecule has 2 aromatic carbocycles. The number of hydrogen-bond acceptors (Lipinski definition) is 4. The summed E-state index contributed by atoms with van der Waals surface area (Å²) in [5.74, 6) is -1.49. The second-order valence-corrected chi connectivity index (χ2v) is 6.56. The molecule has 2 heterocycles. The van der Waals surface area contributed by atoms with E-state index < -0.39 is 17.9 Å². The predicted molar refractivity (Wildman–Crippen MR) is 103 cm³/mol. The van der Waals surface area contributed by atoms with E-state index in [9.17, 15) is 14.3 Å². The Hall–Kier alpha value is -3.51. The number of aromatic nitrogens is 1. The van der Waals surface area contributed by atoms with Crippen molar-refractivity contribution >= 4 is 11.7 Å². The maximum absolute atomic E-state index is 14.5. The Labute approximate surface area is 161 Å². The van der Waals surface area contributed by atoms with Crippen LogP contribution in [0.25, 0.3) is 16.8 Å². The summed E-state index contributed by atoms with van der Waals surface area (Å²) in [6.07, 6.45) is 3.09. The van der Waals surface area contributed by atoms with Crippen LogP contribution in [0.3, 0.4) is 0 Å². The second kappa shape index (κ2) is 7.25. The third kappa shape index (κ3) is 3.50. The molecule has 1 aliphatic rings. The van der Waals surface area contributed by atoms with Crippen molar-refractivity contribution in [2.75, 3.05) is 0 Å². The lowest BCUT2D eigenvalue weighted by atomic mass is 9.97. The number of pyridine rings is 1. The van der Waals surface area contributed by atoms with E-state index in [0.29, 0.717) is 22.4 Å². The average molecular weight is 376 g/mol. The van der Waals surface area contributed by atoms with Crippen molar-refractivity contribution in [1.82, 2.24) is 10.5 Å². The molecule has 140 valence electrons. The van der Waals surface area contributed by atoms with Crippen molar-refractivity contribution in [3.05, 3.63) is 95.1 Å². The molecule has 0 spiro atoms. The Morgan fingerprint density at radius 3 is 2.68 bits per heavy atom. The van der Waals surface area contributed by atoms with Crippen LogP contribution < -0.4 is 5.48 Å². The van der Waals surface area contributed by atoms with E-state index in [4.69, 9.17) is 4.84 Å². The van der Waals surface area contributed by atoms with Gasteiger partial charge in [0.2, 0.25) is 0 Å². The number of benzene rings is 2. The summed E-state index contributed by atoms with van der Waals surface area (Å²) in [4.78, 5) is 21.4. The molecule has 6 heteroatoms. The Balaban J connectivity index is 1.77. The SMILES string of the molecule is Cc1ccc(-c2cc(C(=O)O)cc(C3=CC(c4ccccn4)ON3)c2)c(F)c1. The summed E-state index contributed by atoms with van der Waals surface area (Å²) in [6.45, 7) is 1.80. The molecule has 0 aliphatic carbocycles. The third-order valence-electron chi connectivity index (χ3n) is 4.52. The molecular weight excluding hydrogens is 359 g/mol. The number of rotatable bonds is 4. The highest BCUT2D eigenvalue weighted by Crippen LogP contribution is 2.32. The van der Waals surface area contributed by atoms with Gasteiger partial charge in [0.15, 0.2) is 0 Å². The van der Waals surface area contributed by atoms with Crippen molar-refractivity contribution < 1.29 is 19.1 Å². The van der Waals surface area contributed by atoms with E-state index >= 15 is 0 Å². The zero-order valence-electron chi connectivity index (χ0n) is 15.0. The van der Waals surface area contributed by atoms with E-state index in [0.717, 1.165) is 11.3 Å². The van der Waals surface area contributed by atoms with Crippen LogP contribution >= 0.6 is 0 Å². The molecule has 1 aromatic heterocycles. The maximum atomic E-state index is 14.5. The van der Waals surface area contributed by atoms with Gasteiger partial charge in [-0.05, 0) is 60.5 Å². The number of hydroxylamine groups is 1. The van der Waals surface area contributed by atoms with Crippen molar-refractivity contribution in [3.8, 4) is 11.1 Å². The highest BCUT2D eigenvalue weighted by Gasteiger charge is 2.22. The van der Waals surface area contributed by atoms with Gasteiger partial charge in [0.05, 0.1) is 17.0 Å². The molecule has 0 bridgehead atoms. The lowest BCUT2D eigenvalue weighted by molar-refractivity contribution is 0.0487. The van der Waals surface area contributed by atoms with E-state index in [2.05, 4.69) is 10.5 Å². The fourth-order valence-electron chi connectivity index (χ4n) is 3.11. The monoisotopic (exact) mass is 376 g/mol. The van der Waals surface area contributed by atoms with Crippen molar-refractivity contribution in [2.24, 2.45) is 0 Å². The second-order valence-electron chi connectivity index (χ2n) is 6.56. The summed E-state index contributed by atoms with van der Waals surface area (Å²) in [6, 6.07) is 15.1. The minimum Gasteiger partial charge on any atom is -0.478 e. The van der Waals surface area contributed by atoms with Crippen LogP contribution in [0.5, 0.6) is 0 Å². The van der Waals surface area contributed by atoms with E-state index in [-0.39, 0.29) is 5.56 Å². The van der Waals surface area contributed by atoms with Crippen LogP contribution in [0.2, 0.25) is 0 Å². The van der Waals surface area contributed by atoms with Gasteiger partial charge < -0.3 is 5.11 Å². The van der Waals surface area contributed by atoms with Crippen LogP contribution in [0.15, 0.2) is 66.9 Å². The van der Waals surface area contributed by atoms with Gasteiger partial charge in [-0.25, -0.2) is 9.18 Å². The van der Waals surface area contributed by atoms with E-state index in [1.54, 1.807) is 31.3 Å². The highest BCUT2D eigenvalue weighted by atomic mass is 19.1. The van der Waals surface area contributed by atoms with E-state index in [1.807, 2.05) is 24.3 Å². The zero-order chi connectivity index (χ0) is 19.7. The lowest BCUT2D eigenvalue weighted by Crippen LogP contribution is -2.09. The molecule has 5 nitrogen and oxygen atoms in total. The molecule has 1 aliphatic heterocycles. The van der Waals surface area contributed by atoms with Gasteiger partial charge in [0, 0.05) is 17.3 Å². The summed E-state index contributed by atoms with van der Waals surface area (Å²) < 4.78 is 14.5. The highest BCUT2D eigenvalue weighted by molar-refractivity contribution is 5.91. The van der Waals surface area contributed by atoms with Crippen LogP contribution in [0, 0.1) is 12.7 Å². The molecular formula is C22H17FN2O3. The molecule has 2 N–H and O–H groups in total. The van der Waals surface area contributed by atoms with E-state index in [1.165, 1.54) is 18.2 Å². The number of hydrogen-bond donors (Lipinski definition) is 2. The zero-order valence-corrected chi connectivity index (χ0v) is 15.0. The summed E-state index contributed by atoms with van der Waals surface area (Å²) in [5, 5.41) is 9.49. The lowest BCUT2D eigenvalue weighted by Gasteiger charge is -2.10. The maximum Gasteiger partial charge on any atom is 0.335 e. The standard InChI is InChI=1S/C22H17FN2O3/c1-13-5-6-17(18(23)8-13)14-9-15(11-16(10-14)22(26)27)20-12-21(28-25-20)19-4-2-3-7-24-19/h2-12,21,25H,1H3,(H,26,27). The van der Waals surface area contributed by atoms with Gasteiger partial charge >= 0.3 is 5.97 Å². The quantitative estimate of drug-likeness (QED) is 0.701. The van der Waals surface area contributed by atoms with Gasteiger partial charge in [-0.1, -0.05) is 18.2 Å². The minimum atomic E-state index is -1.09. The Bertz CT molecular complexity index is 1080. The summed E-state index contributed by atoms with van der Waals surface area (Å²) in [5.41, 5.74) is 6.43. The van der Waals surface area contributed by atoms with Gasteiger partial charge in [-0.3, -0.25) is 15.3 Å².